The minimum absolute atomic E-state index is 0.260. The van der Waals surface area contributed by atoms with Gasteiger partial charge in [0.1, 0.15) is 36.4 Å². The third kappa shape index (κ3) is 5.71. The van der Waals surface area contributed by atoms with Crippen LogP contribution in [0.3, 0.4) is 0 Å². The van der Waals surface area contributed by atoms with Gasteiger partial charge in [-0.15, -0.1) is 0 Å². The molecule has 0 saturated heterocycles. The van der Waals surface area contributed by atoms with Gasteiger partial charge in [0, 0.05) is 5.02 Å². The van der Waals surface area contributed by atoms with Crippen LogP contribution in [-0.2, 0) is 4.79 Å². The maximum absolute atomic E-state index is 10.9. The van der Waals surface area contributed by atoms with Crippen LogP contribution in [0.4, 0.5) is 0 Å². The zero-order chi connectivity index (χ0) is 18.2. The molecule has 5 nitrogen and oxygen atoms in total. The molecule has 128 valence electrons. The number of halogens is 2. The monoisotopic (exact) mass is 377 g/mol. The number of hydrogen-bond donors (Lipinski definition) is 1. The predicted molar refractivity (Wildman–Crippen MR) is 95.1 cm³/mol. The number of carboxylic acids is 1. The average molecular weight is 378 g/mol. The molecule has 0 heterocycles. The quantitative estimate of drug-likeness (QED) is 0.438. The van der Waals surface area contributed by atoms with Gasteiger partial charge in [-0.05, 0) is 42.0 Å². The Hall–Kier alpha value is -2.68. The van der Waals surface area contributed by atoms with Crippen LogP contribution in [0, 0.1) is 11.3 Å². The summed E-state index contributed by atoms with van der Waals surface area (Å²) in [6, 6.07) is 13.3. The smallest absolute Gasteiger partial charge is 0.346 e. The second-order valence-corrected chi connectivity index (χ2v) is 5.66. The van der Waals surface area contributed by atoms with E-state index in [4.69, 9.17) is 43.0 Å². The predicted octanol–water partition coefficient (Wildman–Crippen LogP) is 4.44. The number of nitrogens with zero attached hydrogens (tertiary/aromatic N) is 1. The van der Waals surface area contributed by atoms with Gasteiger partial charge in [-0.1, -0.05) is 35.3 Å². The second kappa shape index (κ2) is 8.97. The van der Waals surface area contributed by atoms with Crippen LogP contribution in [0.25, 0.3) is 6.08 Å². The lowest BCUT2D eigenvalue weighted by Gasteiger charge is -2.10. The maximum Gasteiger partial charge on any atom is 0.346 e. The molecule has 1 N–H and O–H groups in total. The Bertz CT molecular complexity index is 843. The SMILES string of the molecule is N#CC(=Cc1cccc(OCCOc2ccc(Cl)cc2Cl)c1)C(=O)O. The van der Waals surface area contributed by atoms with Gasteiger partial charge in [0.25, 0.3) is 0 Å². The third-order valence-electron chi connectivity index (χ3n) is 3.02. The minimum atomic E-state index is -1.28. The van der Waals surface area contributed by atoms with E-state index in [0.29, 0.717) is 27.1 Å². The van der Waals surface area contributed by atoms with E-state index in [1.54, 1.807) is 48.5 Å². The largest absolute Gasteiger partial charge is 0.490 e. The highest BCUT2D eigenvalue weighted by atomic mass is 35.5. The van der Waals surface area contributed by atoms with Crippen molar-refractivity contribution in [2.75, 3.05) is 13.2 Å². The van der Waals surface area contributed by atoms with Crippen molar-refractivity contribution >= 4 is 35.2 Å². The number of rotatable bonds is 7. The molecule has 0 atom stereocenters. The zero-order valence-electron chi connectivity index (χ0n) is 12.9. The molecule has 0 radical (unpaired) electrons. The molecular formula is C18H13Cl2NO4. The van der Waals surface area contributed by atoms with E-state index in [2.05, 4.69) is 0 Å². The fraction of sp³-hybridized carbons (Fsp3) is 0.111. The first-order valence-corrected chi connectivity index (χ1v) is 7.91. The highest BCUT2D eigenvalue weighted by molar-refractivity contribution is 6.35. The molecule has 2 aromatic carbocycles. The first-order valence-electron chi connectivity index (χ1n) is 7.15. The van der Waals surface area contributed by atoms with Crippen molar-refractivity contribution in [3.05, 3.63) is 63.6 Å². The zero-order valence-corrected chi connectivity index (χ0v) is 14.4. The standard InChI is InChI=1S/C18H13Cl2NO4/c19-14-4-5-17(16(20)10-14)25-7-6-24-15-3-1-2-12(9-15)8-13(11-21)18(22)23/h1-5,8-10H,6-7H2,(H,22,23). The van der Waals surface area contributed by atoms with Gasteiger partial charge >= 0.3 is 5.97 Å². The van der Waals surface area contributed by atoms with Crippen molar-refractivity contribution in [2.45, 2.75) is 0 Å². The van der Waals surface area contributed by atoms with Gasteiger partial charge in [-0.25, -0.2) is 4.79 Å². The fourth-order valence-electron chi connectivity index (χ4n) is 1.91. The number of carboxylic acid groups (broad SMARTS) is 1. The van der Waals surface area contributed by atoms with E-state index in [1.165, 1.54) is 6.08 Å². The summed E-state index contributed by atoms with van der Waals surface area (Å²) in [6.07, 6.45) is 1.28. The van der Waals surface area contributed by atoms with Gasteiger partial charge in [0.05, 0.1) is 5.02 Å². The number of ether oxygens (including phenoxy) is 2. The minimum Gasteiger partial charge on any atom is -0.490 e. The number of aliphatic carboxylic acids is 1. The van der Waals surface area contributed by atoms with Crippen LogP contribution in [0.1, 0.15) is 5.56 Å². The molecule has 0 aliphatic heterocycles. The van der Waals surface area contributed by atoms with Crippen molar-refractivity contribution in [3.8, 4) is 17.6 Å². The molecule has 2 aromatic rings. The van der Waals surface area contributed by atoms with Crippen LogP contribution in [0.15, 0.2) is 48.0 Å². The van der Waals surface area contributed by atoms with Gasteiger partial charge in [-0.3, -0.25) is 0 Å². The van der Waals surface area contributed by atoms with Gasteiger partial charge in [-0.2, -0.15) is 5.26 Å². The van der Waals surface area contributed by atoms with Crippen molar-refractivity contribution < 1.29 is 19.4 Å². The first kappa shape index (κ1) is 18.7. The summed E-state index contributed by atoms with van der Waals surface area (Å²) >= 11 is 11.8. The number of nitriles is 1. The Morgan fingerprint density at radius 1 is 1.16 bits per heavy atom. The maximum atomic E-state index is 10.9. The normalized spacial score (nSPS) is 10.8. The van der Waals surface area contributed by atoms with Crippen molar-refractivity contribution in [1.29, 1.82) is 5.26 Å². The van der Waals surface area contributed by atoms with Gasteiger partial charge in [0.15, 0.2) is 0 Å². The molecule has 0 amide bonds. The highest BCUT2D eigenvalue weighted by Crippen LogP contribution is 2.27. The summed E-state index contributed by atoms with van der Waals surface area (Å²) in [5.41, 5.74) is 0.205. The summed E-state index contributed by atoms with van der Waals surface area (Å²) in [6.45, 7) is 0.524. The van der Waals surface area contributed by atoms with Crippen LogP contribution >= 0.6 is 23.2 Å². The summed E-state index contributed by atoms with van der Waals surface area (Å²) < 4.78 is 11.1. The van der Waals surface area contributed by atoms with E-state index in [1.807, 2.05) is 0 Å². The lowest BCUT2D eigenvalue weighted by Crippen LogP contribution is -2.09. The molecule has 0 saturated carbocycles. The van der Waals surface area contributed by atoms with Crippen LogP contribution in [-0.4, -0.2) is 24.3 Å². The Morgan fingerprint density at radius 2 is 1.92 bits per heavy atom. The lowest BCUT2D eigenvalue weighted by atomic mass is 10.1. The number of carbonyl (C=O) groups is 1. The third-order valence-corrected chi connectivity index (χ3v) is 3.55. The molecule has 0 bridgehead atoms. The molecule has 0 aliphatic rings. The molecule has 0 aliphatic carbocycles. The summed E-state index contributed by atoms with van der Waals surface area (Å²) in [5.74, 6) is -0.240. The molecule has 0 spiro atoms. The van der Waals surface area contributed by atoms with Gasteiger partial charge in [0.2, 0.25) is 0 Å². The molecular weight excluding hydrogens is 365 g/mol. The number of hydrogen-bond acceptors (Lipinski definition) is 4. The summed E-state index contributed by atoms with van der Waals surface area (Å²) in [5, 5.41) is 18.6. The topological polar surface area (TPSA) is 79.5 Å². The fourth-order valence-corrected chi connectivity index (χ4v) is 2.37. The second-order valence-electron chi connectivity index (χ2n) is 4.82. The van der Waals surface area contributed by atoms with E-state index in [-0.39, 0.29) is 18.8 Å². The Kier molecular flexibility index (Phi) is 6.70. The van der Waals surface area contributed by atoms with E-state index >= 15 is 0 Å². The van der Waals surface area contributed by atoms with Gasteiger partial charge < -0.3 is 14.6 Å². The van der Waals surface area contributed by atoms with Crippen molar-refractivity contribution in [1.82, 2.24) is 0 Å². The molecule has 7 heteroatoms. The Balaban J connectivity index is 1.92. The van der Waals surface area contributed by atoms with Crippen LogP contribution in [0.5, 0.6) is 11.5 Å². The molecule has 0 fully saturated rings. The molecule has 2 rings (SSSR count). The van der Waals surface area contributed by atoms with E-state index < -0.39 is 5.97 Å². The van der Waals surface area contributed by atoms with Crippen molar-refractivity contribution in [3.63, 3.8) is 0 Å². The average Bonchev–Trinajstić information content (AvgIpc) is 2.58. The van der Waals surface area contributed by atoms with E-state index in [9.17, 15) is 4.79 Å². The van der Waals surface area contributed by atoms with Crippen LogP contribution < -0.4 is 9.47 Å². The summed E-state index contributed by atoms with van der Waals surface area (Å²) in [7, 11) is 0. The summed E-state index contributed by atoms with van der Waals surface area (Å²) in [4.78, 5) is 10.9. The Labute approximate surface area is 154 Å². The first-order chi connectivity index (χ1) is 12.0. The molecule has 25 heavy (non-hydrogen) atoms. The Morgan fingerprint density at radius 3 is 2.60 bits per heavy atom. The van der Waals surface area contributed by atoms with Crippen molar-refractivity contribution in [2.24, 2.45) is 0 Å². The molecule has 0 unspecified atom stereocenters. The lowest BCUT2D eigenvalue weighted by molar-refractivity contribution is -0.132. The highest BCUT2D eigenvalue weighted by Gasteiger charge is 2.06. The van der Waals surface area contributed by atoms with E-state index in [0.717, 1.165) is 0 Å². The van der Waals surface area contributed by atoms with Crippen LogP contribution in [0.2, 0.25) is 10.0 Å². The molecule has 0 aromatic heterocycles. The number of benzene rings is 2.